The Morgan fingerprint density at radius 2 is 0.885 bits per heavy atom. The second-order valence-electron chi connectivity index (χ2n) is 5.41. The highest BCUT2D eigenvalue weighted by Gasteiger charge is 2.11. The van der Waals surface area contributed by atoms with E-state index < -0.39 is 0 Å². The first-order chi connectivity index (χ1) is 12.8. The molecule has 1 heterocycles. The van der Waals surface area contributed by atoms with Crippen LogP contribution >= 0.6 is 0 Å². The molecule has 5 nitrogen and oxygen atoms in total. The van der Waals surface area contributed by atoms with Crippen LogP contribution < -0.4 is 0 Å². The number of benzene rings is 3. The first kappa shape index (κ1) is 17.1. The van der Waals surface area contributed by atoms with Gasteiger partial charge in [0.25, 0.3) is 0 Å². The summed E-state index contributed by atoms with van der Waals surface area (Å²) in [7, 11) is 0. The minimum absolute atomic E-state index is 0.0772. The average Bonchev–Trinajstić information content (AvgIpc) is 2.71. The Labute approximate surface area is 151 Å². The fourth-order valence-electron chi connectivity index (χ4n) is 2.48. The van der Waals surface area contributed by atoms with Crippen molar-refractivity contribution in [1.29, 1.82) is 0 Å². The number of hydrogen-bond acceptors (Lipinski definition) is 5. The van der Waals surface area contributed by atoms with Crippen LogP contribution in [-0.2, 0) is 0 Å². The summed E-state index contributed by atoms with van der Waals surface area (Å²) in [6, 6.07) is 22.5. The van der Waals surface area contributed by atoms with E-state index in [0.29, 0.717) is 11.1 Å². The zero-order valence-electron chi connectivity index (χ0n) is 13.9. The van der Waals surface area contributed by atoms with Crippen molar-refractivity contribution in [2.75, 3.05) is 0 Å². The number of aromatic nitrogens is 3. The van der Waals surface area contributed by atoms with Gasteiger partial charge >= 0.3 is 0 Å². The van der Waals surface area contributed by atoms with Gasteiger partial charge in [-0.05, 0) is 17.2 Å². The molecule has 0 spiro atoms. The topological polar surface area (TPSA) is 79.1 Å². The van der Waals surface area contributed by atoms with Crippen LogP contribution in [0.4, 0.5) is 0 Å². The first-order valence-corrected chi connectivity index (χ1v) is 7.97. The fraction of sp³-hybridized carbons (Fsp3) is 0. The quantitative estimate of drug-likeness (QED) is 0.567. The number of phenolic OH excluding ortho intramolecular Hbond substituents is 2. The number of nitrogens with zero attached hydrogens (tertiary/aromatic N) is 3. The van der Waals surface area contributed by atoms with Gasteiger partial charge in [-0.25, -0.2) is 15.0 Å². The molecule has 0 fully saturated rings. The molecule has 0 aliphatic heterocycles. The molecule has 0 atom stereocenters. The van der Waals surface area contributed by atoms with Gasteiger partial charge in [-0.1, -0.05) is 60.7 Å². The van der Waals surface area contributed by atoms with Crippen LogP contribution in [0.3, 0.4) is 0 Å². The number of hydrogen-bond donors (Lipinski definition) is 2. The lowest BCUT2D eigenvalue weighted by Gasteiger charge is -2.10. The van der Waals surface area contributed by atoms with Gasteiger partial charge in [0.05, 0.1) is 0 Å². The lowest BCUT2D eigenvalue weighted by molar-refractivity contribution is 0.453. The van der Waals surface area contributed by atoms with Crippen LogP contribution in [0.25, 0.3) is 22.3 Å². The largest absolute Gasteiger partial charge is 0.507 e. The first-order valence-electron chi connectivity index (χ1n) is 7.97. The zero-order valence-corrected chi connectivity index (χ0v) is 13.9. The van der Waals surface area contributed by atoms with Crippen LogP contribution in [0.2, 0.25) is 0 Å². The van der Waals surface area contributed by atoms with E-state index in [4.69, 9.17) is 0 Å². The molecular formula is C21H17N3O2. The van der Waals surface area contributed by atoms with E-state index in [1.54, 1.807) is 0 Å². The summed E-state index contributed by atoms with van der Waals surface area (Å²) in [6.07, 6.45) is 4.31. The Morgan fingerprint density at radius 1 is 0.500 bits per heavy atom. The minimum Gasteiger partial charge on any atom is -0.507 e. The fourth-order valence-corrected chi connectivity index (χ4v) is 2.48. The second-order valence-corrected chi connectivity index (χ2v) is 5.41. The third-order valence-electron chi connectivity index (χ3n) is 3.68. The van der Waals surface area contributed by atoms with Gasteiger partial charge in [-0.15, -0.1) is 0 Å². The van der Waals surface area contributed by atoms with E-state index in [-0.39, 0.29) is 11.5 Å². The minimum atomic E-state index is 0.0772. The lowest BCUT2D eigenvalue weighted by Crippen LogP contribution is -1.84. The summed E-state index contributed by atoms with van der Waals surface area (Å²) in [5, 5.41) is 20.1. The summed E-state index contributed by atoms with van der Waals surface area (Å²) >= 11 is 0. The molecule has 2 N–H and O–H groups in total. The maximum Gasteiger partial charge on any atom is 0.127 e. The van der Waals surface area contributed by atoms with Crippen LogP contribution in [-0.4, -0.2) is 25.2 Å². The maximum atomic E-state index is 10.1. The summed E-state index contributed by atoms with van der Waals surface area (Å²) < 4.78 is 0. The van der Waals surface area contributed by atoms with Crippen molar-refractivity contribution in [2.24, 2.45) is 0 Å². The predicted molar refractivity (Wildman–Crippen MR) is 100 cm³/mol. The van der Waals surface area contributed by atoms with Gasteiger partial charge in [0.15, 0.2) is 0 Å². The van der Waals surface area contributed by atoms with Crippen LogP contribution in [0, 0.1) is 0 Å². The Hall–Kier alpha value is -3.73. The molecule has 0 unspecified atom stereocenters. The average molecular weight is 343 g/mol. The molecule has 0 aliphatic rings. The van der Waals surface area contributed by atoms with Gasteiger partial charge < -0.3 is 10.2 Å². The molecule has 0 amide bonds. The third kappa shape index (κ3) is 4.21. The van der Waals surface area contributed by atoms with E-state index in [0.717, 1.165) is 11.1 Å². The Morgan fingerprint density at radius 3 is 1.23 bits per heavy atom. The van der Waals surface area contributed by atoms with Crippen molar-refractivity contribution >= 4 is 0 Å². The molecule has 1 aromatic heterocycles. The molecule has 0 saturated heterocycles. The van der Waals surface area contributed by atoms with E-state index in [1.165, 1.54) is 25.0 Å². The molecule has 4 aromatic rings. The second kappa shape index (κ2) is 8.39. The van der Waals surface area contributed by atoms with Crippen molar-refractivity contribution in [3.63, 3.8) is 0 Å². The maximum absolute atomic E-state index is 10.1. The molecule has 0 bridgehead atoms. The van der Waals surface area contributed by atoms with Gasteiger partial charge in [0.1, 0.15) is 30.5 Å². The Balaban J connectivity index is 0.000000278. The van der Waals surface area contributed by atoms with Gasteiger partial charge in [-0.3, -0.25) is 0 Å². The smallest absolute Gasteiger partial charge is 0.127 e. The SMILES string of the molecule is Oc1cc(O)c(-c2ccccc2)cc1-c1ccccc1.c1ncncn1. The summed E-state index contributed by atoms with van der Waals surface area (Å²) in [5.74, 6) is 0.154. The normalized spacial score (nSPS) is 9.85. The Kier molecular flexibility index (Phi) is 5.52. The van der Waals surface area contributed by atoms with E-state index in [1.807, 2.05) is 66.7 Å². The molecule has 128 valence electrons. The molecule has 0 radical (unpaired) electrons. The summed E-state index contributed by atoms with van der Waals surface area (Å²) in [5.41, 5.74) is 3.26. The summed E-state index contributed by atoms with van der Waals surface area (Å²) in [4.78, 5) is 10.7. The van der Waals surface area contributed by atoms with Crippen molar-refractivity contribution in [1.82, 2.24) is 15.0 Å². The lowest BCUT2D eigenvalue weighted by atomic mass is 9.97. The number of rotatable bonds is 2. The van der Waals surface area contributed by atoms with Crippen molar-refractivity contribution in [3.8, 4) is 33.8 Å². The van der Waals surface area contributed by atoms with E-state index in [9.17, 15) is 10.2 Å². The summed E-state index contributed by atoms with van der Waals surface area (Å²) in [6.45, 7) is 0. The van der Waals surface area contributed by atoms with Crippen molar-refractivity contribution in [2.45, 2.75) is 0 Å². The molecule has 0 saturated carbocycles. The number of aromatic hydroxyl groups is 2. The molecular weight excluding hydrogens is 326 g/mol. The van der Waals surface area contributed by atoms with E-state index >= 15 is 0 Å². The number of phenols is 2. The molecule has 0 aliphatic carbocycles. The molecule has 5 heteroatoms. The predicted octanol–water partition coefficient (Wildman–Crippen LogP) is 4.30. The highest BCUT2D eigenvalue weighted by Crippen LogP contribution is 2.39. The highest BCUT2D eigenvalue weighted by molar-refractivity contribution is 5.81. The van der Waals surface area contributed by atoms with Crippen LogP contribution in [0.1, 0.15) is 0 Å². The third-order valence-corrected chi connectivity index (χ3v) is 3.68. The molecule has 3 aromatic carbocycles. The van der Waals surface area contributed by atoms with E-state index in [2.05, 4.69) is 15.0 Å². The monoisotopic (exact) mass is 343 g/mol. The molecule has 26 heavy (non-hydrogen) atoms. The highest BCUT2D eigenvalue weighted by atomic mass is 16.3. The van der Waals surface area contributed by atoms with Crippen molar-refractivity contribution < 1.29 is 10.2 Å². The zero-order chi connectivity index (χ0) is 18.2. The molecule has 4 rings (SSSR count). The van der Waals surface area contributed by atoms with Crippen LogP contribution in [0.5, 0.6) is 11.5 Å². The van der Waals surface area contributed by atoms with Crippen LogP contribution in [0.15, 0.2) is 91.8 Å². The van der Waals surface area contributed by atoms with Gasteiger partial charge in [-0.2, -0.15) is 0 Å². The van der Waals surface area contributed by atoms with Gasteiger partial charge in [0.2, 0.25) is 0 Å². The standard InChI is InChI=1S/C18H14O2.C3H3N3/c19-17-12-18(20)16(14-9-5-2-6-10-14)11-15(17)13-7-3-1-4-8-13;1-4-2-6-3-5-1/h1-12,19-20H;1-3H. The Bertz CT molecular complexity index is 859. The van der Waals surface area contributed by atoms with Crippen molar-refractivity contribution in [3.05, 3.63) is 91.8 Å². The van der Waals surface area contributed by atoms with Gasteiger partial charge in [0, 0.05) is 17.2 Å².